The standard InChI is InChI=1S/C24H25N3O6S/c1-15-3-2-4-17(13-15)22-26-23(24(33-22)27-9-7-16(8-10-27)21(25)28)34(29,30)18-5-6-19-20(14-18)32-12-11-31-19/h2-6,13-14,16H,7-12H2,1H3,(H2,25,28). The number of amides is 1. The second-order valence-electron chi connectivity index (χ2n) is 8.47. The van der Waals surface area contributed by atoms with Gasteiger partial charge in [0.1, 0.15) is 13.2 Å². The summed E-state index contributed by atoms with van der Waals surface area (Å²) in [5, 5.41) is -0.168. The number of fused-ring (bicyclic) bond motifs is 1. The number of piperidine rings is 1. The number of carbonyl (C=O) groups excluding carboxylic acids is 1. The molecule has 1 amide bonds. The summed E-state index contributed by atoms with van der Waals surface area (Å²) in [7, 11) is -4.05. The molecule has 5 rings (SSSR count). The quantitative estimate of drug-likeness (QED) is 0.587. The van der Waals surface area contributed by atoms with Crippen LogP contribution in [0.1, 0.15) is 18.4 Å². The zero-order chi connectivity index (χ0) is 23.9. The second kappa shape index (κ2) is 8.68. The lowest BCUT2D eigenvalue weighted by atomic mass is 9.96. The summed E-state index contributed by atoms with van der Waals surface area (Å²) in [4.78, 5) is 17.9. The van der Waals surface area contributed by atoms with Gasteiger partial charge in [-0.05, 0) is 44.0 Å². The number of anilines is 1. The van der Waals surface area contributed by atoms with Gasteiger partial charge in [-0.15, -0.1) is 0 Å². The van der Waals surface area contributed by atoms with Gasteiger partial charge in [-0.3, -0.25) is 4.79 Å². The van der Waals surface area contributed by atoms with E-state index in [0.29, 0.717) is 56.2 Å². The first kappa shape index (κ1) is 22.3. The highest BCUT2D eigenvalue weighted by Gasteiger charge is 2.34. The van der Waals surface area contributed by atoms with Gasteiger partial charge < -0.3 is 24.5 Å². The molecular weight excluding hydrogens is 458 g/mol. The molecule has 2 aromatic carbocycles. The van der Waals surface area contributed by atoms with Crippen molar-refractivity contribution in [1.29, 1.82) is 0 Å². The molecule has 178 valence electrons. The molecule has 2 aliphatic heterocycles. The number of aryl methyl sites for hydroxylation is 1. The number of benzene rings is 2. The first-order valence-electron chi connectivity index (χ1n) is 11.1. The van der Waals surface area contributed by atoms with Gasteiger partial charge in [0.05, 0.1) is 4.90 Å². The topological polar surface area (TPSA) is 125 Å². The van der Waals surface area contributed by atoms with Crippen LogP contribution in [-0.4, -0.2) is 45.6 Å². The smallest absolute Gasteiger partial charge is 0.236 e. The maximum atomic E-state index is 13.7. The Labute approximate surface area is 197 Å². The number of rotatable bonds is 5. The summed E-state index contributed by atoms with van der Waals surface area (Å²) in [6.45, 7) is 3.56. The van der Waals surface area contributed by atoms with Gasteiger partial charge in [-0.2, -0.15) is 4.98 Å². The monoisotopic (exact) mass is 483 g/mol. The predicted molar refractivity (Wildman–Crippen MR) is 124 cm³/mol. The number of carbonyl (C=O) groups is 1. The number of oxazole rings is 1. The Morgan fingerprint density at radius 1 is 1.06 bits per heavy atom. The maximum absolute atomic E-state index is 13.7. The Balaban J connectivity index is 1.58. The Hall–Kier alpha value is -3.53. The van der Waals surface area contributed by atoms with Crippen molar-refractivity contribution in [3.8, 4) is 23.0 Å². The fourth-order valence-corrected chi connectivity index (χ4v) is 5.58. The molecule has 2 aliphatic rings. The highest BCUT2D eigenvalue weighted by atomic mass is 32.2. The third-order valence-corrected chi connectivity index (χ3v) is 7.76. The zero-order valence-corrected chi connectivity index (χ0v) is 19.5. The summed E-state index contributed by atoms with van der Waals surface area (Å²) in [5.74, 6) is 0.661. The van der Waals surface area contributed by atoms with E-state index in [4.69, 9.17) is 19.6 Å². The third-order valence-electron chi connectivity index (χ3n) is 6.11. The summed E-state index contributed by atoms with van der Waals surface area (Å²) >= 11 is 0. The van der Waals surface area contributed by atoms with Gasteiger partial charge in [0, 0.05) is 30.6 Å². The van der Waals surface area contributed by atoms with Crippen LogP contribution in [-0.2, 0) is 14.6 Å². The number of hydrogen-bond donors (Lipinski definition) is 1. The number of sulfone groups is 1. The molecule has 0 atom stereocenters. The van der Waals surface area contributed by atoms with E-state index in [1.54, 1.807) is 6.07 Å². The number of nitrogens with zero attached hydrogens (tertiary/aromatic N) is 2. The summed E-state index contributed by atoms with van der Waals surface area (Å²) in [6.07, 6.45) is 1.03. The van der Waals surface area contributed by atoms with E-state index in [0.717, 1.165) is 5.56 Å². The normalized spacial score (nSPS) is 16.4. The van der Waals surface area contributed by atoms with Crippen LogP contribution in [0, 0.1) is 12.8 Å². The molecule has 10 heteroatoms. The molecule has 1 saturated heterocycles. The molecule has 0 aliphatic carbocycles. The maximum Gasteiger partial charge on any atom is 0.236 e. The van der Waals surface area contributed by atoms with Crippen molar-refractivity contribution in [3.05, 3.63) is 48.0 Å². The molecule has 34 heavy (non-hydrogen) atoms. The van der Waals surface area contributed by atoms with E-state index in [-0.39, 0.29) is 33.5 Å². The third kappa shape index (κ3) is 4.09. The molecule has 0 radical (unpaired) electrons. The van der Waals surface area contributed by atoms with Crippen molar-refractivity contribution < 1.29 is 27.1 Å². The molecule has 1 fully saturated rings. The molecule has 0 bridgehead atoms. The van der Waals surface area contributed by atoms with Crippen LogP contribution in [0.15, 0.2) is 56.8 Å². The first-order valence-corrected chi connectivity index (χ1v) is 12.6. The lowest BCUT2D eigenvalue weighted by Crippen LogP contribution is -2.38. The Morgan fingerprint density at radius 3 is 2.50 bits per heavy atom. The van der Waals surface area contributed by atoms with E-state index >= 15 is 0 Å². The molecule has 0 saturated carbocycles. The fraction of sp³-hybridized carbons (Fsp3) is 0.333. The average molecular weight is 484 g/mol. The molecule has 0 spiro atoms. The Morgan fingerprint density at radius 2 is 1.79 bits per heavy atom. The van der Waals surface area contributed by atoms with Crippen molar-refractivity contribution in [2.45, 2.75) is 29.7 Å². The predicted octanol–water partition coefficient (Wildman–Crippen LogP) is 2.96. The average Bonchev–Trinajstić information content (AvgIpc) is 3.30. The van der Waals surface area contributed by atoms with Crippen LogP contribution in [0.3, 0.4) is 0 Å². The zero-order valence-electron chi connectivity index (χ0n) is 18.7. The van der Waals surface area contributed by atoms with Gasteiger partial charge in [-0.1, -0.05) is 17.7 Å². The number of primary amides is 1. The molecule has 0 unspecified atom stereocenters. The van der Waals surface area contributed by atoms with Gasteiger partial charge in [0.25, 0.3) is 0 Å². The molecule has 1 aromatic heterocycles. The van der Waals surface area contributed by atoms with Crippen LogP contribution in [0.25, 0.3) is 11.5 Å². The van der Waals surface area contributed by atoms with Crippen molar-refractivity contribution in [3.63, 3.8) is 0 Å². The van der Waals surface area contributed by atoms with Crippen LogP contribution in [0.5, 0.6) is 11.5 Å². The van der Waals surface area contributed by atoms with E-state index < -0.39 is 9.84 Å². The second-order valence-corrected chi connectivity index (χ2v) is 10.3. The van der Waals surface area contributed by atoms with Crippen LogP contribution in [0.2, 0.25) is 0 Å². The van der Waals surface area contributed by atoms with Gasteiger partial charge in [0.2, 0.25) is 32.5 Å². The highest BCUT2D eigenvalue weighted by Crippen LogP contribution is 2.39. The molecule has 9 nitrogen and oxygen atoms in total. The van der Waals surface area contributed by atoms with E-state index in [1.807, 2.05) is 36.1 Å². The first-order chi connectivity index (χ1) is 16.3. The van der Waals surface area contributed by atoms with Gasteiger partial charge in [0.15, 0.2) is 11.5 Å². The number of aromatic nitrogens is 1. The lowest BCUT2D eigenvalue weighted by molar-refractivity contribution is -0.122. The van der Waals surface area contributed by atoms with E-state index in [2.05, 4.69) is 4.98 Å². The number of nitrogens with two attached hydrogens (primary N) is 1. The lowest BCUT2D eigenvalue weighted by Gasteiger charge is -2.30. The number of hydrogen-bond acceptors (Lipinski definition) is 8. The molecule has 3 heterocycles. The molecule has 2 N–H and O–H groups in total. The SMILES string of the molecule is Cc1cccc(-c2nc(S(=O)(=O)c3ccc4c(c3)OCCO4)c(N3CCC(C(N)=O)CC3)o2)c1. The minimum absolute atomic E-state index is 0.0362. The minimum atomic E-state index is -4.05. The highest BCUT2D eigenvalue weighted by molar-refractivity contribution is 7.91. The summed E-state index contributed by atoms with van der Waals surface area (Å²) < 4.78 is 44.7. The van der Waals surface area contributed by atoms with Crippen molar-refractivity contribution in [1.82, 2.24) is 4.98 Å². The minimum Gasteiger partial charge on any atom is -0.486 e. The Bertz CT molecular complexity index is 1340. The fourth-order valence-electron chi connectivity index (χ4n) is 4.24. The van der Waals surface area contributed by atoms with Crippen molar-refractivity contribution in [2.24, 2.45) is 11.7 Å². The largest absolute Gasteiger partial charge is 0.486 e. The van der Waals surface area contributed by atoms with E-state index in [9.17, 15) is 13.2 Å². The van der Waals surface area contributed by atoms with Crippen LogP contribution < -0.4 is 20.1 Å². The summed E-state index contributed by atoms with van der Waals surface area (Å²) in [5.41, 5.74) is 7.14. The van der Waals surface area contributed by atoms with Crippen LogP contribution in [0.4, 0.5) is 5.88 Å². The summed E-state index contributed by atoms with van der Waals surface area (Å²) in [6, 6.07) is 12.0. The van der Waals surface area contributed by atoms with Gasteiger partial charge in [-0.25, -0.2) is 8.42 Å². The van der Waals surface area contributed by atoms with Crippen LogP contribution >= 0.6 is 0 Å². The Kier molecular flexibility index (Phi) is 5.68. The molecule has 3 aromatic rings. The number of ether oxygens (including phenoxy) is 2. The van der Waals surface area contributed by atoms with Crippen molar-refractivity contribution >= 4 is 21.6 Å². The van der Waals surface area contributed by atoms with Gasteiger partial charge >= 0.3 is 0 Å². The van der Waals surface area contributed by atoms with E-state index in [1.165, 1.54) is 12.1 Å². The molecular formula is C24H25N3O6S. The van der Waals surface area contributed by atoms with Crippen molar-refractivity contribution in [2.75, 3.05) is 31.2 Å².